The minimum Gasteiger partial charge on any atom is -0.376 e. The van der Waals surface area contributed by atoms with Crippen LogP contribution in [0.3, 0.4) is 0 Å². The Balaban J connectivity index is 2.15. The Bertz CT molecular complexity index is 389. The molecule has 5 nitrogen and oxygen atoms in total. The van der Waals surface area contributed by atoms with Crippen LogP contribution >= 0.6 is 0 Å². The Morgan fingerprint density at radius 1 is 1.29 bits per heavy atom. The maximum atomic E-state index is 12.8. The Morgan fingerprint density at radius 3 is 2.52 bits per heavy atom. The summed E-state index contributed by atoms with van der Waals surface area (Å²) < 4.78 is 5.66. The molecule has 2 rings (SSSR count). The van der Waals surface area contributed by atoms with Crippen molar-refractivity contribution in [3.63, 3.8) is 0 Å². The SMILES string of the molecule is CC(C)CC1NC(=O)C(C(C)C)N(CC2CCCO2)C1=O. The highest BCUT2D eigenvalue weighted by atomic mass is 16.5. The summed E-state index contributed by atoms with van der Waals surface area (Å²) in [5.41, 5.74) is 0. The molecule has 2 aliphatic heterocycles. The van der Waals surface area contributed by atoms with Gasteiger partial charge in [-0.25, -0.2) is 0 Å². The van der Waals surface area contributed by atoms with Gasteiger partial charge in [0, 0.05) is 13.2 Å². The third kappa shape index (κ3) is 3.76. The summed E-state index contributed by atoms with van der Waals surface area (Å²) in [7, 11) is 0. The summed E-state index contributed by atoms with van der Waals surface area (Å²) >= 11 is 0. The van der Waals surface area contributed by atoms with Crippen LogP contribution in [0, 0.1) is 11.8 Å². The van der Waals surface area contributed by atoms with Crippen molar-refractivity contribution in [2.45, 2.75) is 65.1 Å². The van der Waals surface area contributed by atoms with Gasteiger partial charge in [0.2, 0.25) is 11.8 Å². The third-order valence-electron chi connectivity index (χ3n) is 4.26. The number of nitrogens with zero attached hydrogens (tertiary/aromatic N) is 1. The first kappa shape index (κ1) is 16.3. The van der Waals surface area contributed by atoms with Gasteiger partial charge in [0.25, 0.3) is 0 Å². The first-order chi connectivity index (χ1) is 9.90. The van der Waals surface area contributed by atoms with Crippen LogP contribution in [0.4, 0.5) is 0 Å². The largest absolute Gasteiger partial charge is 0.376 e. The van der Waals surface area contributed by atoms with Crippen LogP contribution in [-0.2, 0) is 14.3 Å². The number of hydrogen-bond acceptors (Lipinski definition) is 3. The zero-order chi connectivity index (χ0) is 15.6. The molecule has 0 bridgehead atoms. The average molecular weight is 296 g/mol. The number of amides is 2. The lowest BCUT2D eigenvalue weighted by Gasteiger charge is -2.42. The van der Waals surface area contributed by atoms with Gasteiger partial charge in [0.05, 0.1) is 6.10 Å². The number of piperazine rings is 1. The molecule has 1 N–H and O–H groups in total. The molecule has 2 aliphatic rings. The van der Waals surface area contributed by atoms with E-state index in [1.165, 1.54) is 0 Å². The summed E-state index contributed by atoms with van der Waals surface area (Å²) in [5.74, 6) is 0.514. The predicted octanol–water partition coefficient (Wildman–Crippen LogP) is 1.56. The van der Waals surface area contributed by atoms with Crippen molar-refractivity contribution in [3.05, 3.63) is 0 Å². The summed E-state index contributed by atoms with van der Waals surface area (Å²) in [6, 6.07) is -0.751. The third-order valence-corrected chi connectivity index (χ3v) is 4.26. The Hall–Kier alpha value is -1.10. The second-order valence-corrected chi connectivity index (χ2v) is 7.01. The fourth-order valence-electron chi connectivity index (χ4n) is 3.30. The topological polar surface area (TPSA) is 58.6 Å². The van der Waals surface area contributed by atoms with Gasteiger partial charge in [-0.1, -0.05) is 27.7 Å². The summed E-state index contributed by atoms with van der Waals surface area (Å²) in [6.07, 6.45) is 2.80. The molecule has 0 radical (unpaired) electrons. The van der Waals surface area contributed by atoms with Crippen molar-refractivity contribution >= 4 is 11.8 Å². The van der Waals surface area contributed by atoms with Gasteiger partial charge in [-0.15, -0.1) is 0 Å². The highest BCUT2D eigenvalue weighted by Gasteiger charge is 2.43. The highest BCUT2D eigenvalue weighted by Crippen LogP contribution is 2.23. The van der Waals surface area contributed by atoms with E-state index in [9.17, 15) is 9.59 Å². The molecule has 0 aromatic carbocycles. The van der Waals surface area contributed by atoms with E-state index in [1.54, 1.807) is 4.90 Å². The molecule has 0 spiro atoms. The number of carbonyl (C=O) groups is 2. The predicted molar refractivity (Wildman–Crippen MR) is 80.7 cm³/mol. The monoisotopic (exact) mass is 296 g/mol. The number of nitrogens with one attached hydrogen (secondary N) is 1. The molecule has 3 atom stereocenters. The van der Waals surface area contributed by atoms with E-state index >= 15 is 0 Å². The van der Waals surface area contributed by atoms with Crippen LogP contribution < -0.4 is 5.32 Å². The van der Waals surface area contributed by atoms with Crippen LogP contribution in [0.1, 0.15) is 47.0 Å². The van der Waals surface area contributed by atoms with Gasteiger partial charge < -0.3 is 15.0 Å². The highest BCUT2D eigenvalue weighted by molar-refractivity contribution is 5.97. The van der Waals surface area contributed by atoms with Crippen LogP contribution in [-0.4, -0.2) is 48.1 Å². The van der Waals surface area contributed by atoms with Crippen molar-refractivity contribution in [2.75, 3.05) is 13.2 Å². The molecule has 2 amide bonds. The summed E-state index contributed by atoms with van der Waals surface area (Å²) in [4.78, 5) is 26.9. The smallest absolute Gasteiger partial charge is 0.245 e. The van der Waals surface area contributed by atoms with E-state index in [0.29, 0.717) is 18.9 Å². The Kier molecular flexibility index (Phi) is 5.25. The lowest BCUT2D eigenvalue weighted by molar-refractivity contribution is -0.153. The first-order valence-electron chi connectivity index (χ1n) is 8.12. The molecule has 120 valence electrons. The minimum atomic E-state index is -0.381. The van der Waals surface area contributed by atoms with Crippen LogP contribution in [0.25, 0.3) is 0 Å². The number of ether oxygens (including phenoxy) is 1. The van der Waals surface area contributed by atoms with Crippen LogP contribution in [0.15, 0.2) is 0 Å². The van der Waals surface area contributed by atoms with Gasteiger partial charge in [-0.3, -0.25) is 9.59 Å². The maximum absolute atomic E-state index is 12.8. The quantitative estimate of drug-likeness (QED) is 0.837. The van der Waals surface area contributed by atoms with Crippen molar-refractivity contribution < 1.29 is 14.3 Å². The normalized spacial score (nSPS) is 30.4. The van der Waals surface area contributed by atoms with E-state index in [2.05, 4.69) is 19.2 Å². The molecule has 2 fully saturated rings. The molecule has 0 aromatic heterocycles. The molecule has 2 heterocycles. The van der Waals surface area contributed by atoms with Crippen LogP contribution in [0.5, 0.6) is 0 Å². The standard InChI is InChI=1S/C16H28N2O3/c1-10(2)8-13-16(20)18(9-12-6-5-7-21-12)14(11(3)4)15(19)17-13/h10-14H,5-9H2,1-4H3,(H,17,19). The van der Waals surface area contributed by atoms with E-state index in [0.717, 1.165) is 19.4 Å². The Morgan fingerprint density at radius 2 is 2.00 bits per heavy atom. The molecule has 2 saturated heterocycles. The van der Waals surface area contributed by atoms with Gasteiger partial charge in [-0.05, 0) is 31.1 Å². The molecule has 0 saturated carbocycles. The van der Waals surface area contributed by atoms with Crippen LogP contribution in [0.2, 0.25) is 0 Å². The summed E-state index contributed by atoms with van der Waals surface area (Å²) in [6.45, 7) is 9.42. The second-order valence-electron chi connectivity index (χ2n) is 7.01. The van der Waals surface area contributed by atoms with Gasteiger partial charge in [0.1, 0.15) is 12.1 Å². The zero-order valence-electron chi connectivity index (χ0n) is 13.6. The molecular formula is C16H28N2O3. The molecule has 0 aliphatic carbocycles. The van der Waals surface area contributed by atoms with E-state index in [-0.39, 0.29) is 35.9 Å². The molecule has 21 heavy (non-hydrogen) atoms. The minimum absolute atomic E-state index is 0.0201. The van der Waals surface area contributed by atoms with Crippen molar-refractivity contribution in [3.8, 4) is 0 Å². The van der Waals surface area contributed by atoms with E-state index in [1.807, 2.05) is 13.8 Å². The first-order valence-corrected chi connectivity index (χ1v) is 8.12. The fraction of sp³-hybridized carbons (Fsp3) is 0.875. The van der Waals surface area contributed by atoms with Gasteiger partial charge >= 0.3 is 0 Å². The number of rotatable bonds is 5. The molecule has 3 unspecified atom stereocenters. The fourth-order valence-corrected chi connectivity index (χ4v) is 3.30. The average Bonchev–Trinajstić information content (AvgIpc) is 2.87. The van der Waals surface area contributed by atoms with Gasteiger partial charge in [0.15, 0.2) is 0 Å². The summed E-state index contributed by atoms with van der Waals surface area (Å²) in [5, 5.41) is 2.91. The molecule has 0 aromatic rings. The van der Waals surface area contributed by atoms with Crippen molar-refractivity contribution in [2.24, 2.45) is 11.8 Å². The lowest BCUT2D eigenvalue weighted by Crippen LogP contribution is -2.66. The molecular weight excluding hydrogens is 268 g/mol. The van der Waals surface area contributed by atoms with E-state index in [4.69, 9.17) is 4.74 Å². The van der Waals surface area contributed by atoms with Gasteiger partial charge in [-0.2, -0.15) is 0 Å². The van der Waals surface area contributed by atoms with Crippen molar-refractivity contribution in [1.82, 2.24) is 10.2 Å². The maximum Gasteiger partial charge on any atom is 0.245 e. The number of hydrogen-bond donors (Lipinski definition) is 1. The van der Waals surface area contributed by atoms with E-state index < -0.39 is 0 Å². The Labute approximate surface area is 127 Å². The zero-order valence-corrected chi connectivity index (χ0v) is 13.6. The molecule has 5 heteroatoms. The lowest BCUT2D eigenvalue weighted by atomic mass is 9.93. The second kappa shape index (κ2) is 6.77. The number of carbonyl (C=O) groups excluding carboxylic acids is 2. The van der Waals surface area contributed by atoms with Crippen molar-refractivity contribution in [1.29, 1.82) is 0 Å².